The number of carbonyl (C=O) groups excluding carboxylic acids is 3. The van der Waals surface area contributed by atoms with Gasteiger partial charge in [-0.15, -0.1) is 0 Å². The Labute approximate surface area is 361 Å². The molecule has 0 rings (SSSR count). The molecule has 1 unspecified atom stereocenters. The van der Waals surface area contributed by atoms with Crippen LogP contribution in [-0.4, -0.2) is 37.2 Å². The van der Waals surface area contributed by atoms with Gasteiger partial charge < -0.3 is 14.2 Å². The standard InChI is InChI=1S/C52H100O6/c1-5-8-10-12-14-16-18-20-21-22-23-24-25-27-29-31-37-41-45-52(55)58-49(47-57-51(54)44-40-36-33-32-34-38-42-48(4)7-3)46-56-50(53)43-39-35-30-28-26-19-17-15-13-11-9-6-2/h48-49H,5-47H2,1-4H3/t48?,49-/m1/s1. The molecule has 58 heavy (non-hydrogen) atoms. The van der Waals surface area contributed by atoms with Gasteiger partial charge in [-0.25, -0.2) is 0 Å². The molecule has 6 heteroatoms. The smallest absolute Gasteiger partial charge is 0.306 e. The second-order valence-electron chi connectivity index (χ2n) is 18.1. The van der Waals surface area contributed by atoms with Crippen LogP contribution in [0.5, 0.6) is 0 Å². The van der Waals surface area contributed by atoms with E-state index in [1.54, 1.807) is 0 Å². The van der Waals surface area contributed by atoms with Crippen LogP contribution in [0.4, 0.5) is 0 Å². The van der Waals surface area contributed by atoms with Gasteiger partial charge in [0, 0.05) is 19.3 Å². The summed E-state index contributed by atoms with van der Waals surface area (Å²) in [6, 6.07) is 0. The molecule has 0 aliphatic heterocycles. The topological polar surface area (TPSA) is 78.9 Å². The van der Waals surface area contributed by atoms with E-state index in [2.05, 4.69) is 27.7 Å². The molecule has 0 spiro atoms. The number of unbranched alkanes of at least 4 members (excludes halogenated alkanes) is 33. The summed E-state index contributed by atoms with van der Waals surface area (Å²) in [6.07, 6.45) is 48.0. The molecule has 0 radical (unpaired) electrons. The van der Waals surface area contributed by atoms with Crippen molar-refractivity contribution < 1.29 is 28.6 Å². The van der Waals surface area contributed by atoms with Crippen LogP contribution in [0.25, 0.3) is 0 Å². The monoisotopic (exact) mass is 821 g/mol. The quantitative estimate of drug-likeness (QED) is 0.0346. The molecule has 6 nitrogen and oxygen atoms in total. The first kappa shape index (κ1) is 56.4. The minimum Gasteiger partial charge on any atom is -0.462 e. The average Bonchev–Trinajstić information content (AvgIpc) is 3.22. The summed E-state index contributed by atoms with van der Waals surface area (Å²) in [4.78, 5) is 37.9. The van der Waals surface area contributed by atoms with E-state index in [0.29, 0.717) is 19.3 Å². The van der Waals surface area contributed by atoms with Gasteiger partial charge in [-0.2, -0.15) is 0 Å². The van der Waals surface area contributed by atoms with Gasteiger partial charge >= 0.3 is 17.9 Å². The molecule has 0 bridgehead atoms. The van der Waals surface area contributed by atoms with Crippen molar-refractivity contribution in [3.63, 3.8) is 0 Å². The summed E-state index contributed by atoms with van der Waals surface area (Å²) in [5.74, 6) is -0.0340. The van der Waals surface area contributed by atoms with E-state index >= 15 is 0 Å². The zero-order valence-corrected chi connectivity index (χ0v) is 39.5. The van der Waals surface area contributed by atoms with Gasteiger partial charge in [0.25, 0.3) is 0 Å². The molecule has 0 aromatic heterocycles. The van der Waals surface area contributed by atoms with Gasteiger partial charge in [-0.1, -0.05) is 252 Å². The first-order chi connectivity index (χ1) is 28.4. The molecule has 0 amide bonds. The van der Waals surface area contributed by atoms with Crippen molar-refractivity contribution in [2.45, 2.75) is 297 Å². The zero-order valence-electron chi connectivity index (χ0n) is 39.5. The Kier molecular flexibility index (Phi) is 45.2. The SMILES string of the molecule is CCCCCCCCCCCCCCCCCCCCC(=O)O[C@H](COC(=O)CCCCCCCCCCCCCC)COC(=O)CCCCCCCCC(C)CC. The Bertz CT molecular complexity index is 874. The number of rotatable bonds is 47. The molecule has 0 saturated heterocycles. The van der Waals surface area contributed by atoms with Crippen LogP contribution >= 0.6 is 0 Å². The summed E-state index contributed by atoms with van der Waals surface area (Å²) in [7, 11) is 0. The summed E-state index contributed by atoms with van der Waals surface area (Å²) in [6.45, 7) is 9.00. The minimum atomic E-state index is -0.761. The Morgan fingerprint density at radius 1 is 0.345 bits per heavy atom. The van der Waals surface area contributed by atoms with Crippen LogP contribution in [0, 0.1) is 5.92 Å². The van der Waals surface area contributed by atoms with Crippen molar-refractivity contribution in [3.05, 3.63) is 0 Å². The Hall–Kier alpha value is -1.59. The second kappa shape index (κ2) is 46.5. The Morgan fingerprint density at radius 3 is 0.897 bits per heavy atom. The Morgan fingerprint density at radius 2 is 0.603 bits per heavy atom. The molecule has 0 saturated carbocycles. The van der Waals surface area contributed by atoms with Crippen molar-refractivity contribution in [2.75, 3.05) is 13.2 Å². The minimum absolute atomic E-state index is 0.0636. The molecule has 0 aliphatic carbocycles. The van der Waals surface area contributed by atoms with E-state index in [1.165, 1.54) is 186 Å². The van der Waals surface area contributed by atoms with E-state index < -0.39 is 6.10 Å². The van der Waals surface area contributed by atoms with Crippen LogP contribution in [0.3, 0.4) is 0 Å². The number of esters is 3. The van der Waals surface area contributed by atoms with Gasteiger partial charge in [0.1, 0.15) is 13.2 Å². The van der Waals surface area contributed by atoms with Crippen LogP contribution in [0.2, 0.25) is 0 Å². The molecule has 0 heterocycles. The summed E-state index contributed by atoms with van der Waals surface area (Å²) >= 11 is 0. The molecular weight excluding hydrogens is 721 g/mol. The van der Waals surface area contributed by atoms with Crippen LogP contribution in [0.1, 0.15) is 291 Å². The summed E-state index contributed by atoms with van der Waals surface area (Å²) in [5, 5.41) is 0. The maximum atomic E-state index is 12.8. The number of hydrogen-bond donors (Lipinski definition) is 0. The molecule has 0 aromatic carbocycles. The third-order valence-electron chi connectivity index (χ3n) is 12.2. The van der Waals surface area contributed by atoms with Crippen molar-refractivity contribution >= 4 is 17.9 Å². The van der Waals surface area contributed by atoms with E-state index in [-0.39, 0.29) is 31.1 Å². The Balaban J connectivity index is 4.27. The first-order valence-corrected chi connectivity index (χ1v) is 25.9. The highest BCUT2D eigenvalue weighted by Gasteiger charge is 2.19. The highest BCUT2D eigenvalue weighted by molar-refractivity contribution is 5.71. The van der Waals surface area contributed by atoms with Gasteiger partial charge in [0.05, 0.1) is 0 Å². The van der Waals surface area contributed by atoms with Gasteiger partial charge in [0.2, 0.25) is 0 Å². The molecule has 0 aromatic rings. The third-order valence-corrected chi connectivity index (χ3v) is 12.2. The van der Waals surface area contributed by atoms with Crippen molar-refractivity contribution in [1.82, 2.24) is 0 Å². The molecule has 0 fully saturated rings. The fourth-order valence-electron chi connectivity index (χ4n) is 7.83. The van der Waals surface area contributed by atoms with Crippen molar-refractivity contribution in [2.24, 2.45) is 5.92 Å². The van der Waals surface area contributed by atoms with Crippen LogP contribution < -0.4 is 0 Å². The lowest BCUT2D eigenvalue weighted by molar-refractivity contribution is -0.167. The van der Waals surface area contributed by atoms with Crippen LogP contribution in [-0.2, 0) is 28.6 Å². The lowest BCUT2D eigenvalue weighted by Gasteiger charge is -2.18. The fraction of sp³-hybridized carbons (Fsp3) is 0.942. The first-order valence-electron chi connectivity index (χ1n) is 25.9. The molecule has 2 atom stereocenters. The maximum Gasteiger partial charge on any atom is 0.306 e. The number of hydrogen-bond acceptors (Lipinski definition) is 6. The number of ether oxygens (including phenoxy) is 3. The summed E-state index contributed by atoms with van der Waals surface area (Å²) in [5.41, 5.74) is 0. The predicted molar refractivity (Wildman–Crippen MR) is 247 cm³/mol. The molecule has 344 valence electrons. The predicted octanol–water partition coefficient (Wildman–Crippen LogP) is 16.7. The average molecular weight is 821 g/mol. The molecule has 0 aliphatic rings. The largest absolute Gasteiger partial charge is 0.462 e. The van der Waals surface area contributed by atoms with E-state index in [4.69, 9.17) is 14.2 Å². The zero-order chi connectivity index (χ0) is 42.4. The fourth-order valence-corrected chi connectivity index (χ4v) is 7.83. The normalized spacial score (nSPS) is 12.4. The van der Waals surface area contributed by atoms with Gasteiger partial charge in [-0.3, -0.25) is 14.4 Å². The highest BCUT2D eigenvalue weighted by atomic mass is 16.6. The van der Waals surface area contributed by atoms with E-state index in [1.807, 2.05) is 0 Å². The molecular formula is C52H100O6. The number of carbonyl (C=O) groups is 3. The maximum absolute atomic E-state index is 12.8. The van der Waals surface area contributed by atoms with Gasteiger partial charge in [0.15, 0.2) is 6.10 Å². The second-order valence-corrected chi connectivity index (χ2v) is 18.1. The lowest BCUT2D eigenvalue weighted by Crippen LogP contribution is -2.30. The van der Waals surface area contributed by atoms with E-state index in [0.717, 1.165) is 63.7 Å². The van der Waals surface area contributed by atoms with E-state index in [9.17, 15) is 14.4 Å². The van der Waals surface area contributed by atoms with Gasteiger partial charge in [-0.05, 0) is 25.2 Å². The lowest BCUT2D eigenvalue weighted by atomic mass is 10.00. The van der Waals surface area contributed by atoms with Crippen LogP contribution in [0.15, 0.2) is 0 Å². The molecule has 0 N–H and O–H groups in total. The highest BCUT2D eigenvalue weighted by Crippen LogP contribution is 2.17. The third kappa shape index (κ3) is 44.0. The van der Waals surface area contributed by atoms with Crippen molar-refractivity contribution in [1.29, 1.82) is 0 Å². The summed E-state index contributed by atoms with van der Waals surface area (Å²) < 4.78 is 16.8. The van der Waals surface area contributed by atoms with Crippen molar-refractivity contribution in [3.8, 4) is 0 Å².